The molecular weight excluding hydrogens is 272 g/mol. The normalized spacial score (nSPS) is 20.9. The highest BCUT2D eigenvalue weighted by Gasteiger charge is 2.42. The maximum Gasteiger partial charge on any atom is 0.162 e. The van der Waals surface area contributed by atoms with E-state index in [1.807, 2.05) is 13.0 Å². The third-order valence-electron chi connectivity index (χ3n) is 4.35. The minimum absolute atomic E-state index is 0.348. The van der Waals surface area contributed by atoms with Crippen LogP contribution in [0.3, 0.4) is 0 Å². The average molecular weight is 297 g/mol. The van der Waals surface area contributed by atoms with E-state index < -0.39 is 0 Å². The largest absolute Gasteiger partial charge is 0.367 e. The average Bonchev–Trinajstić information content (AvgIpc) is 2.41. The van der Waals surface area contributed by atoms with Crippen molar-refractivity contribution in [1.82, 2.24) is 9.97 Å². The fourth-order valence-electron chi connectivity index (χ4n) is 2.89. The van der Waals surface area contributed by atoms with Crippen molar-refractivity contribution in [1.29, 1.82) is 0 Å². The Morgan fingerprint density at radius 2 is 1.80 bits per heavy atom. The van der Waals surface area contributed by atoms with E-state index in [4.69, 9.17) is 21.3 Å². The zero-order chi connectivity index (χ0) is 14.8. The quantitative estimate of drug-likeness (QED) is 0.766. The highest BCUT2D eigenvalue weighted by molar-refractivity contribution is 6.29. The lowest BCUT2D eigenvalue weighted by Gasteiger charge is -2.42. The first-order chi connectivity index (χ1) is 9.41. The van der Waals surface area contributed by atoms with Crippen LogP contribution in [0.4, 0.5) is 0 Å². The summed E-state index contributed by atoms with van der Waals surface area (Å²) in [5, 5.41) is 0.524. The van der Waals surface area contributed by atoms with E-state index in [1.54, 1.807) is 0 Å². The van der Waals surface area contributed by atoms with E-state index in [-0.39, 0.29) is 5.60 Å². The Bertz CT molecular complexity index is 464. The molecule has 1 aliphatic rings. The molecule has 4 heteroatoms. The number of aromatic nitrogens is 2. The Labute approximate surface area is 127 Å². The lowest BCUT2D eigenvalue weighted by molar-refractivity contribution is -0.0949. The van der Waals surface area contributed by atoms with Crippen LogP contribution in [0.1, 0.15) is 64.9 Å². The second kappa shape index (κ2) is 5.98. The number of hydrogen-bond donors (Lipinski definition) is 0. The molecule has 0 saturated heterocycles. The molecular formula is C16H25ClN2O. The predicted molar refractivity (Wildman–Crippen MR) is 82.0 cm³/mol. The monoisotopic (exact) mass is 296 g/mol. The summed E-state index contributed by atoms with van der Waals surface area (Å²) in [5.41, 5.74) is 1.02. The van der Waals surface area contributed by atoms with Crippen molar-refractivity contribution >= 4 is 11.6 Å². The summed E-state index contributed by atoms with van der Waals surface area (Å²) < 4.78 is 6.12. The van der Waals surface area contributed by atoms with Crippen molar-refractivity contribution in [3.63, 3.8) is 0 Å². The van der Waals surface area contributed by atoms with Gasteiger partial charge in [-0.25, -0.2) is 9.97 Å². The van der Waals surface area contributed by atoms with Gasteiger partial charge in [-0.15, -0.1) is 0 Å². The van der Waals surface area contributed by atoms with Gasteiger partial charge in [-0.05, 0) is 50.5 Å². The zero-order valence-electron chi connectivity index (χ0n) is 13.0. The molecule has 1 fully saturated rings. The van der Waals surface area contributed by atoms with Crippen LogP contribution in [-0.4, -0.2) is 16.6 Å². The molecule has 1 aromatic rings. The highest BCUT2D eigenvalue weighted by Crippen LogP contribution is 2.46. The van der Waals surface area contributed by atoms with E-state index in [0.29, 0.717) is 17.2 Å². The maximum atomic E-state index is 6.16. The van der Waals surface area contributed by atoms with Gasteiger partial charge in [0.15, 0.2) is 5.82 Å². The molecule has 0 bridgehead atoms. The molecule has 1 aliphatic carbocycles. The van der Waals surface area contributed by atoms with Crippen LogP contribution in [0.25, 0.3) is 0 Å². The Morgan fingerprint density at radius 3 is 2.35 bits per heavy atom. The van der Waals surface area contributed by atoms with Crippen LogP contribution in [-0.2, 0) is 16.8 Å². The molecule has 0 radical (unpaired) electrons. The van der Waals surface area contributed by atoms with E-state index >= 15 is 0 Å². The van der Waals surface area contributed by atoms with Crippen LogP contribution < -0.4 is 0 Å². The Hall–Kier alpha value is -0.670. The number of rotatable bonds is 4. The molecule has 0 aromatic carbocycles. The zero-order valence-corrected chi connectivity index (χ0v) is 13.8. The fraction of sp³-hybridized carbons (Fsp3) is 0.750. The second-order valence-electron chi connectivity index (χ2n) is 6.45. The molecule has 0 amide bonds. The van der Waals surface area contributed by atoms with E-state index in [0.717, 1.165) is 43.6 Å². The van der Waals surface area contributed by atoms with Crippen molar-refractivity contribution in [2.45, 2.75) is 65.4 Å². The molecule has 2 rings (SSSR count). The van der Waals surface area contributed by atoms with Crippen LogP contribution >= 0.6 is 11.6 Å². The van der Waals surface area contributed by atoms with Crippen LogP contribution in [0.2, 0.25) is 5.15 Å². The Morgan fingerprint density at radius 1 is 1.15 bits per heavy atom. The molecule has 0 aliphatic heterocycles. The van der Waals surface area contributed by atoms with Crippen LogP contribution in [0.5, 0.6) is 0 Å². The SMILES string of the molecule is CCOC1(c2nc(Cl)cc(CC)n2)CCC(C)(C)CC1. The molecule has 1 saturated carbocycles. The minimum Gasteiger partial charge on any atom is -0.367 e. The van der Waals surface area contributed by atoms with E-state index in [1.165, 1.54) is 0 Å². The van der Waals surface area contributed by atoms with Crippen molar-refractivity contribution in [3.8, 4) is 0 Å². The number of halogens is 1. The number of aryl methyl sites for hydroxylation is 1. The van der Waals surface area contributed by atoms with Crippen LogP contribution in [0, 0.1) is 5.41 Å². The van der Waals surface area contributed by atoms with Gasteiger partial charge in [-0.3, -0.25) is 0 Å². The van der Waals surface area contributed by atoms with Gasteiger partial charge in [-0.2, -0.15) is 0 Å². The van der Waals surface area contributed by atoms with Gasteiger partial charge >= 0.3 is 0 Å². The Balaban J connectivity index is 2.36. The van der Waals surface area contributed by atoms with Gasteiger partial charge in [0.25, 0.3) is 0 Å². The van der Waals surface area contributed by atoms with Gasteiger partial charge in [0, 0.05) is 12.3 Å². The third kappa shape index (κ3) is 3.32. The Kier molecular flexibility index (Phi) is 4.70. The summed E-state index contributed by atoms with van der Waals surface area (Å²) in [5.74, 6) is 0.777. The molecule has 3 nitrogen and oxygen atoms in total. The molecule has 1 heterocycles. The van der Waals surface area contributed by atoms with Crippen molar-refractivity contribution in [3.05, 3.63) is 22.7 Å². The van der Waals surface area contributed by atoms with E-state index in [9.17, 15) is 0 Å². The summed E-state index contributed by atoms with van der Waals surface area (Å²) in [6, 6.07) is 1.84. The first-order valence-corrected chi connectivity index (χ1v) is 7.96. The van der Waals surface area contributed by atoms with Gasteiger partial charge in [-0.1, -0.05) is 32.4 Å². The van der Waals surface area contributed by atoms with Gasteiger partial charge in [0.1, 0.15) is 10.8 Å². The number of ether oxygens (including phenoxy) is 1. The molecule has 0 atom stereocenters. The molecule has 0 N–H and O–H groups in total. The first kappa shape index (κ1) is 15.7. The topological polar surface area (TPSA) is 35.0 Å². The van der Waals surface area contributed by atoms with Crippen LogP contribution in [0.15, 0.2) is 6.07 Å². The highest BCUT2D eigenvalue weighted by atomic mass is 35.5. The van der Waals surface area contributed by atoms with Crippen molar-refractivity contribution < 1.29 is 4.74 Å². The van der Waals surface area contributed by atoms with Crippen molar-refractivity contribution in [2.75, 3.05) is 6.61 Å². The molecule has 0 unspecified atom stereocenters. The molecule has 20 heavy (non-hydrogen) atoms. The number of hydrogen-bond acceptors (Lipinski definition) is 3. The number of nitrogens with zero attached hydrogens (tertiary/aromatic N) is 2. The van der Waals surface area contributed by atoms with Gasteiger partial charge < -0.3 is 4.74 Å². The fourth-order valence-corrected chi connectivity index (χ4v) is 3.09. The van der Waals surface area contributed by atoms with Crippen molar-refractivity contribution in [2.24, 2.45) is 5.41 Å². The minimum atomic E-state index is -0.348. The molecule has 1 aromatic heterocycles. The predicted octanol–water partition coefficient (Wildman–Crippen LogP) is 4.52. The summed E-state index contributed by atoms with van der Waals surface area (Å²) >= 11 is 6.16. The summed E-state index contributed by atoms with van der Waals surface area (Å²) in [4.78, 5) is 9.17. The summed E-state index contributed by atoms with van der Waals surface area (Å²) in [7, 11) is 0. The summed E-state index contributed by atoms with van der Waals surface area (Å²) in [6.45, 7) is 9.43. The molecule has 0 spiro atoms. The standard InChI is InChI=1S/C16H25ClN2O/c1-5-12-11-13(17)19-14(18-12)16(20-6-2)9-7-15(3,4)8-10-16/h11H,5-10H2,1-4H3. The smallest absolute Gasteiger partial charge is 0.162 e. The lowest BCUT2D eigenvalue weighted by Crippen LogP contribution is -2.39. The lowest BCUT2D eigenvalue weighted by atomic mass is 9.70. The molecule has 112 valence electrons. The maximum absolute atomic E-state index is 6.16. The second-order valence-corrected chi connectivity index (χ2v) is 6.84. The third-order valence-corrected chi connectivity index (χ3v) is 4.54. The first-order valence-electron chi connectivity index (χ1n) is 7.59. The van der Waals surface area contributed by atoms with Gasteiger partial charge in [0.05, 0.1) is 0 Å². The van der Waals surface area contributed by atoms with E-state index in [2.05, 4.69) is 25.8 Å². The summed E-state index contributed by atoms with van der Waals surface area (Å²) in [6.07, 6.45) is 5.06. The van der Waals surface area contributed by atoms with Gasteiger partial charge in [0.2, 0.25) is 0 Å².